The molecule has 1 heterocycles. The van der Waals surface area contributed by atoms with Crippen molar-refractivity contribution in [1.29, 1.82) is 0 Å². The lowest BCUT2D eigenvalue weighted by atomic mass is 10.2. The summed E-state index contributed by atoms with van der Waals surface area (Å²) in [5, 5.41) is 4.07. The molecule has 0 saturated heterocycles. The van der Waals surface area contributed by atoms with Gasteiger partial charge in [0.25, 0.3) is 5.91 Å². The topological polar surface area (TPSA) is 72.1 Å². The molecule has 1 aromatic carbocycles. The van der Waals surface area contributed by atoms with Crippen LogP contribution in [0.2, 0.25) is 0 Å². The summed E-state index contributed by atoms with van der Waals surface area (Å²) < 4.78 is 3.92. The van der Waals surface area contributed by atoms with Gasteiger partial charge in [-0.15, -0.1) is 5.10 Å². The first-order valence-corrected chi connectivity index (χ1v) is 7.88. The second kappa shape index (κ2) is 7.85. The summed E-state index contributed by atoms with van der Waals surface area (Å²) in [5.41, 5.74) is 7.53. The number of carbonyl (C=O) groups excluding carboxylic acids is 1. The number of rotatable bonds is 7. The molecule has 2 N–H and O–H groups in total. The van der Waals surface area contributed by atoms with E-state index in [2.05, 4.69) is 16.5 Å². The third-order valence-electron chi connectivity index (χ3n) is 3.14. The zero-order chi connectivity index (χ0) is 15.1. The van der Waals surface area contributed by atoms with E-state index >= 15 is 0 Å². The molecule has 0 aliphatic heterocycles. The van der Waals surface area contributed by atoms with Crippen molar-refractivity contribution in [2.75, 3.05) is 13.1 Å². The average Bonchev–Trinajstić information content (AvgIpc) is 2.96. The van der Waals surface area contributed by atoms with Gasteiger partial charge in [0, 0.05) is 19.6 Å². The van der Waals surface area contributed by atoms with Gasteiger partial charge in [-0.05, 0) is 23.5 Å². The normalized spacial score (nSPS) is 10.6. The first kappa shape index (κ1) is 15.6. The van der Waals surface area contributed by atoms with E-state index < -0.39 is 0 Å². The highest BCUT2D eigenvalue weighted by Gasteiger charge is 2.21. The van der Waals surface area contributed by atoms with Crippen molar-refractivity contribution >= 4 is 17.4 Å². The number of hydrogen-bond donors (Lipinski definition) is 1. The van der Waals surface area contributed by atoms with E-state index in [1.807, 2.05) is 30.3 Å². The largest absolute Gasteiger partial charge is 0.332 e. The van der Waals surface area contributed by atoms with E-state index in [-0.39, 0.29) is 5.91 Å². The Labute approximate surface area is 128 Å². The number of aryl methyl sites for hydroxylation is 1. The van der Waals surface area contributed by atoms with Crippen LogP contribution in [0.4, 0.5) is 0 Å². The molecular formula is C15H20N4OS. The van der Waals surface area contributed by atoms with Crippen molar-refractivity contribution in [3.05, 3.63) is 46.5 Å². The maximum atomic E-state index is 12.7. The Morgan fingerprint density at radius 3 is 2.76 bits per heavy atom. The van der Waals surface area contributed by atoms with E-state index in [9.17, 15) is 4.79 Å². The fourth-order valence-electron chi connectivity index (χ4n) is 2.13. The van der Waals surface area contributed by atoms with Crippen LogP contribution >= 0.6 is 11.5 Å². The maximum Gasteiger partial charge on any atom is 0.267 e. The lowest BCUT2D eigenvalue weighted by Gasteiger charge is -2.21. The summed E-state index contributed by atoms with van der Waals surface area (Å²) in [6.45, 7) is 3.58. The molecule has 0 unspecified atom stereocenters. The van der Waals surface area contributed by atoms with Crippen molar-refractivity contribution in [1.82, 2.24) is 14.5 Å². The quantitative estimate of drug-likeness (QED) is 0.850. The first-order valence-electron chi connectivity index (χ1n) is 7.10. The van der Waals surface area contributed by atoms with Gasteiger partial charge in [-0.1, -0.05) is 48.2 Å². The molecular weight excluding hydrogens is 284 g/mol. The van der Waals surface area contributed by atoms with Gasteiger partial charge in [0.1, 0.15) is 4.88 Å². The van der Waals surface area contributed by atoms with Crippen LogP contribution in [0.1, 0.15) is 34.3 Å². The van der Waals surface area contributed by atoms with E-state index in [4.69, 9.17) is 5.73 Å². The summed E-state index contributed by atoms with van der Waals surface area (Å²) in [7, 11) is 0. The minimum Gasteiger partial charge on any atom is -0.332 e. The number of nitrogens with zero attached hydrogens (tertiary/aromatic N) is 3. The second-order valence-corrected chi connectivity index (χ2v) is 5.55. The summed E-state index contributed by atoms with van der Waals surface area (Å²) in [4.78, 5) is 15.1. The molecule has 6 heteroatoms. The van der Waals surface area contributed by atoms with Gasteiger partial charge in [-0.2, -0.15) is 0 Å². The Bertz CT molecular complexity index is 570. The molecule has 1 amide bonds. The van der Waals surface area contributed by atoms with E-state index in [0.717, 1.165) is 24.1 Å². The lowest BCUT2D eigenvalue weighted by molar-refractivity contribution is 0.0752. The molecule has 0 bridgehead atoms. The number of benzene rings is 1. The van der Waals surface area contributed by atoms with Crippen LogP contribution in [0, 0.1) is 0 Å². The van der Waals surface area contributed by atoms with Gasteiger partial charge in [0.15, 0.2) is 0 Å². The maximum absolute atomic E-state index is 12.7. The van der Waals surface area contributed by atoms with Crippen LogP contribution in [0.3, 0.4) is 0 Å². The summed E-state index contributed by atoms with van der Waals surface area (Å²) in [6.07, 6.45) is 1.72. The molecule has 0 aliphatic carbocycles. The second-order valence-electron chi connectivity index (χ2n) is 4.80. The molecule has 0 spiro atoms. The summed E-state index contributed by atoms with van der Waals surface area (Å²) in [5.74, 6) is -0.0252. The number of nitrogens with two attached hydrogens (primary N) is 1. The van der Waals surface area contributed by atoms with Gasteiger partial charge in [-0.3, -0.25) is 4.79 Å². The summed E-state index contributed by atoms with van der Waals surface area (Å²) >= 11 is 1.17. The van der Waals surface area contributed by atoms with Crippen molar-refractivity contribution in [3.8, 4) is 0 Å². The summed E-state index contributed by atoms with van der Waals surface area (Å²) in [6, 6.07) is 9.92. The highest BCUT2D eigenvalue weighted by Crippen LogP contribution is 2.17. The van der Waals surface area contributed by atoms with E-state index in [1.54, 1.807) is 4.90 Å². The average molecular weight is 304 g/mol. The molecule has 21 heavy (non-hydrogen) atoms. The van der Waals surface area contributed by atoms with Crippen LogP contribution in [0.15, 0.2) is 30.3 Å². The molecule has 2 aromatic rings. The van der Waals surface area contributed by atoms with Gasteiger partial charge in [0.2, 0.25) is 0 Å². The Balaban J connectivity index is 2.17. The fourth-order valence-corrected chi connectivity index (χ4v) is 2.80. The van der Waals surface area contributed by atoms with Gasteiger partial charge in [-0.25, -0.2) is 0 Å². The van der Waals surface area contributed by atoms with Crippen molar-refractivity contribution in [3.63, 3.8) is 0 Å². The highest BCUT2D eigenvalue weighted by molar-refractivity contribution is 7.08. The van der Waals surface area contributed by atoms with Gasteiger partial charge >= 0.3 is 0 Å². The Morgan fingerprint density at radius 1 is 1.33 bits per heavy atom. The van der Waals surface area contributed by atoms with Crippen LogP contribution in [-0.4, -0.2) is 33.5 Å². The minimum atomic E-state index is -0.0252. The molecule has 1 aromatic heterocycles. The fraction of sp³-hybridized carbons (Fsp3) is 0.400. The molecule has 0 aliphatic rings. The van der Waals surface area contributed by atoms with Crippen molar-refractivity contribution in [2.24, 2.45) is 5.73 Å². The Kier molecular flexibility index (Phi) is 5.83. The SMILES string of the molecule is CCCc1nnsc1C(=O)N(CCN)Cc1ccccc1. The predicted molar refractivity (Wildman–Crippen MR) is 84.1 cm³/mol. The molecule has 0 fully saturated rings. The Morgan fingerprint density at radius 2 is 2.10 bits per heavy atom. The van der Waals surface area contributed by atoms with Gasteiger partial charge < -0.3 is 10.6 Å². The zero-order valence-electron chi connectivity index (χ0n) is 12.2. The molecule has 0 radical (unpaired) electrons. The third kappa shape index (κ3) is 4.09. The highest BCUT2D eigenvalue weighted by atomic mass is 32.1. The number of amides is 1. The molecule has 2 rings (SSSR count). The van der Waals surface area contributed by atoms with E-state index in [1.165, 1.54) is 11.5 Å². The molecule has 112 valence electrons. The third-order valence-corrected chi connectivity index (χ3v) is 3.90. The number of carbonyl (C=O) groups is 1. The van der Waals surface area contributed by atoms with Crippen LogP contribution in [0.25, 0.3) is 0 Å². The number of hydrogen-bond acceptors (Lipinski definition) is 5. The van der Waals surface area contributed by atoms with Crippen LogP contribution in [-0.2, 0) is 13.0 Å². The minimum absolute atomic E-state index is 0.0252. The monoisotopic (exact) mass is 304 g/mol. The zero-order valence-corrected chi connectivity index (χ0v) is 13.0. The smallest absolute Gasteiger partial charge is 0.267 e. The van der Waals surface area contributed by atoms with Gasteiger partial charge in [0.05, 0.1) is 5.69 Å². The van der Waals surface area contributed by atoms with Crippen LogP contribution < -0.4 is 5.73 Å². The lowest BCUT2D eigenvalue weighted by Crippen LogP contribution is -2.35. The molecule has 0 saturated carbocycles. The predicted octanol–water partition coefficient (Wildman–Crippen LogP) is 2.09. The van der Waals surface area contributed by atoms with Crippen LogP contribution in [0.5, 0.6) is 0 Å². The molecule has 5 nitrogen and oxygen atoms in total. The first-order chi connectivity index (χ1) is 10.3. The van der Waals surface area contributed by atoms with Crippen molar-refractivity contribution in [2.45, 2.75) is 26.3 Å². The standard InChI is InChI=1S/C15H20N4OS/c1-2-6-13-14(21-18-17-13)15(20)19(10-9-16)11-12-7-4-3-5-8-12/h3-5,7-8H,2,6,9-11,16H2,1H3. The number of aromatic nitrogens is 2. The molecule has 0 atom stereocenters. The Hall–Kier alpha value is -1.79. The van der Waals surface area contributed by atoms with Crippen molar-refractivity contribution < 1.29 is 4.79 Å². The van der Waals surface area contributed by atoms with E-state index in [0.29, 0.717) is 24.5 Å².